The predicted octanol–water partition coefficient (Wildman–Crippen LogP) is 2.03. The molecule has 2 aliphatic rings. The maximum absolute atomic E-state index is 13.1. The molecule has 2 fully saturated rings. The number of urea groups is 1. The number of rotatable bonds is 1. The smallest absolute Gasteiger partial charge is 0.321 e. The number of hydrogen-bond acceptors (Lipinski definition) is 2. The van der Waals surface area contributed by atoms with E-state index in [2.05, 4.69) is 5.32 Å². The fraction of sp³-hybridized carbons (Fsp3) is 0.500. The second-order valence-electron chi connectivity index (χ2n) is 5.51. The van der Waals surface area contributed by atoms with Gasteiger partial charge < -0.3 is 16.0 Å². The Morgan fingerprint density at radius 3 is 2.95 bits per heavy atom. The second-order valence-corrected chi connectivity index (χ2v) is 5.51. The van der Waals surface area contributed by atoms with E-state index in [0.717, 1.165) is 19.4 Å². The summed E-state index contributed by atoms with van der Waals surface area (Å²) >= 11 is 0. The van der Waals surface area contributed by atoms with E-state index >= 15 is 0 Å². The Kier molecular flexibility index (Phi) is 3.14. The Labute approximate surface area is 111 Å². The van der Waals surface area contributed by atoms with Crippen LogP contribution in [0, 0.1) is 17.7 Å². The van der Waals surface area contributed by atoms with Gasteiger partial charge in [0, 0.05) is 24.8 Å². The molecule has 1 aromatic rings. The molecule has 4 nitrogen and oxygen atoms in total. The van der Waals surface area contributed by atoms with Crippen LogP contribution in [-0.4, -0.2) is 30.1 Å². The monoisotopic (exact) mass is 263 g/mol. The average molecular weight is 263 g/mol. The van der Waals surface area contributed by atoms with E-state index in [-0.39, 0.29) is 17.9 Å². The third-order valence-corrected chi connectivity index (χ3v) is 4.28. The third kappa shape index (κ3) is 2.42. The zero-order valence-electron chi connectivity index (χ0n) is 10.7. The number of carbonyl (C=O) groups excluding carboxylic acids is 1. The van der Waals surface area contributed by atoms with Crippen molar-refractivity contribution in [3.05, 3.63) is 30.1 Å². The summed E-state index contributed by atoms with van der Waals surface area (Å²) in [7, 11) is 0. The first-order chi connectivity index (χ1) is 9.13. The van der Waals surface area contributed by atoms with Crippen molar-refractivity contribution in [3.8, 4) is 0 Å². The quantitative estimate of drug-likeness (QED) is 0.814. The van der Waals surface area contributed by atoms with Gasteiger partial charge in [0.15, 0.2) is 0 Å². The highest BCUT2D eigenvalue weighted by Crippen LogP contribution is 2.37. The van der Waals surface area contributed by atoms with E-state index in [1.165, 1.54) is 12.1 Å². The molecule has 19 heavy (non-hydrogen) atoms. The molecule has 1 aliphatic carbocycles. The largest absolute Gasteiger partial charge is 0.327 e. The standard InChI is InChI=1S/C14H18FN3O/c15-10-2-1-3-11(6-10)17-14(19)18-7-9-4-5-13(16)12(9)8-18/h1-3,6,9,12-13H,4-5,7-8,16H2,(H,17,19). The van der Waals surface area contributed by atoms with E-state index in [1.54, 1.807) is 17.0 Å². The molecule has 1 aliphatic heterocycles. The van der Waals surface area contributed by atoms with Crippen LogP contribution in [0.4, 0.5) is 14.9 Å². The number of nitrogens with one attached hydrogen (secondary N) is 1. The maximum atomic E-state index is 13.1. The molecule has 3 unspecified atom stereocenters. The minimum atomic E-state index is -0.349. The lowest BCUT2D eigenvalue weighted by molar-refractivity contribution is 0.218. The van der Waals surface area contributed by atoms with Crippen LogP contribution in [-0.2, 0) is 0 Å². The van der Waals surface area contributed by atoms with Crippen molar-refractivity contribution < 1.29 is 9.18 Å². The summed E-state index contributed by atoms with van der Waals surface area (Å²) in [6, 6.07) is 6.00. The van der Waals surface area contributed by atoms with Crippen LogP contribution in [0.3, 0.4) is 0 Å². The normalized spacial score (nSPS) is 29.4. The molecule has 1 saturated heterocycles. The number of halogens is 1. The Morgan fingerprint density at radius 1 is 1.37 bits per heavy atom. The van der Waals surface area contributed by atoms with E-state index in [4.69, 9.17) is 5.73 Å². The third-order valence-electron chi connectivity index (χ3n) is 4.28. The van der Waals surface area contributed by atoms with E-state index in [0.29, 0.717) is 24.1 Å². The number of hydrogen-bond donors (Lipinski definition) is 2. The molecular weight excluding hydrogens is 245 g/mol. The Balaban J connectivity index is 1.63. The molecular formula is C14H18FN3O. The molecule has 102 valence electrons. The molecule has 2 amide bonds. The van der Waals surface area contributed by atoms with Crippen molar-refractivity contribution in [2.24, 2.45) is 17.6 Å². The zero-order valence-corrected chi connectivity index (χ0v) is 10.7. The molecule has 0 aromatic heterocycles. The maximum Gasteiger partial charge on any atom is 0.321 e. The van der Waals surface area contributed by atoms with Gasteiger partial charge in [-0.2, -0.15) is 0 Å². The Bertz CT molecular complexity index is 493. The number of nitrogens with two attached hydrogens (primary N) is 1. The van der Waals surface area contributed by atoms with Crippen molar-refractivity contribution in [2.75, 3.05) is 18.4 Å². The summed E-state index contributed by atoms with van der Waals surface area (Å²) in [4.78, 5) is 13.9. The van der Waals surface area contributed by atoms with Crippen LogP contribution in [0.2, 0.25) is 0 Å². The molecule has 1 heterocycles. The average Bonchev–Trinajstić information content (AvgIpc) is 2.92. The fourth-order valence-electron chi connectivity index (χ4n) is 3.24. The summed E-state index contributed by atoms with van der Waals surface area (Å²) in [5, 5.41) is 2.73. The number of nitrogens with zero attached hydrogens (tertiary/aromatic N) is 1. The summed E-state index contributed by atoms with van der Waals surface area (Å²) in [5.41, 5.74) is 6.54. The molecule has 0 radical (unpaired) electrons. The van der Waals surface area contributed by atoms with Gasteiger partial charge in [0.05, 0.1) is 0 Å². The first-order valence-corrected chi connectivity index (χ1v) is 6.70. The number of fused-ring (bicyclic) bond motifs is 1. The topological polar surface area (TPSA) is 58.4 Å². The lowest BCUT2D eigenvalue weighted by Crippen LogP contribution is -2.36. The van der Waals surface area contributed by atoms with Gasteiger partial charge in [0.25, 0.3) is 0 Å². The molecule has 5 heteroatoms. The summed E-state index contributed by atoms with van der Waals surface area (Å²) in [5.74, 6) is 0.615. The number of amides is 2. The molecule has 3 rings (SSSR count). The van der Waals surface area contributed by atoms with Crippen molar-refractivity contribution in [1.29, 1.82) is 0 Å². The highest BCUT2D eigenvalue weighted by molar-refractivity contribution is 5.89. The van der Waals surface area contributed by atoms with Gasteiger partial charge in [0.2, 0.25) is 0 Å². The van der Waals surface area contributed by atoms with Crippen LogP contribution in [0.25, 0.3) is 0 Å². The highest BCUT2D eigenvalue weighted by atomic mass is 19.1. The van der Waals surface area contributed by atoms with Gasteiger partial charge in [0.1, 0.15) is 5.82 Å². The predicted molar refractivity (Wildman–Crippen MR) is 71.2 cm³/mol. The van der Waals surface area contributed by atoms with Crippen molar-refractivity contribution in [1.82, 2.24) is 4.90 Å². The minimum absolute atomic E-state index is 0.160. The van der Waals surface area contributed by atoms with Crippen molar-refractivity contribution >= 4 is 11.7 Å². The molecule has 0 spiro atoms. The van der Waals surface area contributed by atoms with Gasteiger partial charge in [-0.1, -0.05) is 6.07 Å². The zero-order chi connectivity index (χ0) is 13.4. The van der Waals surface area contributed by atoms with Gasteiger partial charge >= 0.3 is 6.03 Å². The Hall–Kier alpha value is -1.62. The van der Waals surface area contributed by atoms with Crippen LogP contribution in [0.5, 0.6) is 0 Å². The fourth-order valence-corrected chi connectivity index (χ4v) is 3.24. The van der Waals surface area contributed by atoms with Crippen molar-refractivity contribution in [2.45, 2.75) is 18.9 Å². The summed E-state index contributed by atoms with van der Waals surface area (Å²) in [6.07, 6.45) is 2.17. The van der Waals surface area contributed by atoms with Crippen LogP contribution < -0.4 is 11.1 Å². The molecule has 1 saturated carbocycles. The molecule has 3 atom stereocenters. The number of carbonyl (C=O) groups is 1. The Morgan fingerprint density at radius 2 is 2.21 bits per heavy atom. The summed E-state index contributed by atoms with van der Waals surface area (Å²) in [6.45, 7) is 1.48. The molecule has 1 aromatic carbocycles. The highest BCUT2D eigenvalue weighted by Gasteiger charge is 2.42. The molecule has 0 bridgehead atoms. The van der Waals surface area contributed by atoms with Crippen LogP contribution in [0.15, 0.2) is 24.3 Å². The van der Waals surface area contributed by atoms with Crippen LogP contribution in [0.1, 0.15) is 12.8 Å². The number of anilines is 1. The lowest BCUT2D eigenvalue weighted by atomic mass is 9.98. The van der Waals surface area contributed by atoms with E-state index < -0.39 is 0 Å². The van der Waals surface area contributed by atoms with E-state index in [9.17, 15) is 9.18 Å². The second kappa shape index (κ2) is 4.81. The first kappa shape index (κ1) is 12.4. The lowest BCUT2D eigenvalue weighted by Gasteiger charge is -2.19. The van der Waals surface area contributed by atoms with E-state index in [1.807, 2.05) is 0 Å². The number of likely N-dealkylation sites (tertiary alicyclic amines) is 1. The van der Waals surface area contributed by atoms with Crippen LogP contribution >= 0.6 is 0 Å². The summed E-state index contributed by atoms with van der Waals surface area (Å²) < 4.78 is 13.1. The van der Waals surface area contributed by atoms with Gasteiger partial charge in [-0.15, -0.1) is 0 Å². The SMILES string of the molecule is NC1CCC2CN(C(=O)Nc3cccc(F)c3)CC12. The first-order valence-electron chi connectivity index (χ1n) is 6.70. The number of benzene rings is 1. The molecule has 3 N–H and O–H groups in total. The minimum Gasteiger partial charge on any atom is -0.327 e. The van der Waals surface area contributed by atoms with Gasteiger partial charge in [-0.05, 0) is 42.9 Å². The van der Waals surface area contributed by atoms with Gasteiger partial charge in [-0.3, -0.25) is 0 Å². The van der Waals surface area contributed by atoms with Gasteiger partial charge in [-0.25, -0.2) is 9.18 Å². The van der Waals surface area contributed by atoms with Crippen molar-refractivity contribution in [3.63, 3.8) is 0 Å².